The van der Waals surface area contributed by atoms with Gasteiger partial charge in [0.15, 0.2) is 0 Å². The monoisotopic (exact) mass is 303 g/mol. The number of halogens is 3. The fraction of sp³-hybridized carbons (Fsp3) is 0.625. The van der Waals surface area contributed by atoms with Gasteiger partial charge in [-0.1, -0.05) is 26.0 Å². The van der Waals surface area contributed by atoms with Crippen LogP contribution in [0.1, 0.15) is 44.4 Å². The van der Waals surface area contributed by atoms with Crippen LogP contribution in [0.5, 0.6) is 0 Å². The molecule has 0 heterocycles. The largest absolute Gasteiger partial charge is 0.416 e. The zero-order valence-corrected chi connectivity index (χ0v) is 12.8. The number of ether oxygens (including phenoxy) is 1. The fourth-order valence-corrected chi connectivity index (χ4v) is 1.85. The minimum absolute atomic E-state index is 0.000910. The maximum absolute atomic E-state index is 12.5. The molecule has 0 fully saturated rings. The molecule has 0 aliphatic rings. The third kappa shape index (κ3) is 6.96. The molecule has 0 saturated carbocycles. The van der Waals surface area contributed by atoms with Gasteiger partial charge in [0.05, 0.1) is 12.2 Å². The molecular formula is C16H24F3NO. The van der Waals surface area contributed by atoms with E-state index in [-0.39, 0.29) is 6.04 Å². The van der Waals surface area contributed by atoms with Gasteiger partial charge in [-0.2, -0.15) is 13.2 Å². The lowest BCUT2D eigenvalue weighted by molar-refractivity contribution is -0.137. The van der Waals surface area contributed by atoms with Crippen LogP contribution in [-0.4, -0.2) is 19.8 Å². The summed E-state index contributed by atoms with van der Waals surface area (Å²) in [6.45, 7) is 8.26. The van der Waals surface area contributed by atoms with Crippen molar-refractivity contribution in [2.75, 3.05) is 19.8 Å². The lowest BCUT2D eigenvalue weighted by atomic mass is 10.1. The minimum Gasteiger partial charge on any atom is -0.380 e. The van der Waals surface area contributed by atoms with Crippen molar-refractivity contribution in [3.8, 4) is 0 Å². The highest BCUT2D eigenvalue weighted by molar-refractivity contribution is 5.26. The number of nitrogens with one attached hydrogen (secondary N) is 1. The normalized spacial score (nSPS) is 13.7. The lowest BCUT2D eigenvalue weighted by Crippen LogP contribution is -2.23. The molecule has 0 aliphatic heterocycles. The van der Waals surface area contributed by atoms with Crippen LogP contribution in [0.3, 0.4) is 0 Å². The van der Waals surface area contributed by atoms with E-state index < -0.39 is 11.7 Å². The molecule has 0 aliphatic carbocycles. The van der Waals surface area contributed by atoms with Crippen molar-refractivity contribution in [2.45, 2.75) is 39.4 Å². The smallest absolute Gasteiger partial charge is 0.380 e. The predicted molar refractivity (Wildman–Crippen MR) is 78.1 cm³/mol. The van der Waals surface area contributed by atoms with Gasteiger partial charge < -0.3 is 10.1 Å². The molecule has 1 N–H and O–H groups in total. The van der Waals surface area contributed by atoms with Crippen LogP contribution in [-0.2, 0) is 10.9 Å². The third-order valence-electron chi connectivity index (χ3n) is 3.27. The summed E-state index contributed by atoms with van der Waals surface area (Å²) in [4.78, 5) is 0. The zero-order chi connectivity index (χ0) is 15.9. The van der Waals surface area contributed by atoms with Gasteiger partial charge in [-0.15, -0.1) is 0 Å². The molecule has 1 aromatic carbocycles. The molecule has 1 rings (SSSR count). The molecule has 0 spiro atoms. The number of hydrogen-bond donors (Lipinski definition) is 1. The molecule has 0 radical (unpaired) electrons. The van der Waals surface area contributed by atoms with E-state index >= 15 is 0 Å². The molecule has 0 saturated heterocycles. The van der Waals surface area contributed by atoms with E-state index in [2.05, 4.69) is 19.2 Å². The summed E-state index contributed by atoms with van der Waals surface area (Å²) in [7, 11) is 0. The summed E-state index contributed by atoms with van der Waals surface area (Å²) >= 11 is 0. The first-order chi connectivity index (χ1) is 9.80. The highest BCUT2D eigenvalue weighted by Gasteiger charge is 2.30. The number of hydrogen-bond acceptors (Lipinski definition) is 2. The quantitative estimate of drug-likeness (QED) is 0.718. The fourth-order valence-electron chi connectivity index (χ4n) is 1.85. The molecular weight excluding hydrogens is 279 g/mol. The van der Waals surface area contributed by atoms with Crippen molar-refractivity contribution >= 4 is 0 Å². The Hall–Kier alpha value is -1.07. The summed E-state index contributed by atoms with van der Waals surface area (Å²) in [6, 6.07) is 5.26. The third-order valence-corrected chi connectivity index (χ3v) is 3.27. The first-order valence-electron chi connectivity index (χ1n) is 7.29. The average molecular weight is 303 g/mol. The molecule has 1 atom stereocenters. The van der Waals surface area contributed by atoms with Gasteiger partial charge in [0.25, 0.3) is 0 Å². The second-order valence-corrected chi connectivity index (χ2v) is 5.59. The van der Waals surface area contributed by atoms with Gasteiger partial charge in [0, 0.05) is 19.2 Å². The van der Waals surface area contributed by atoms with Crippen LogP contribution < -0.4 is 5.32 Å². The second kappa shape index (κ2) is 8.39. The number of benzene rings is 1. The van der Waals surface area contributed by atoms with Crippen LogP contribution in [0.2, 0.25) is 0 Å². The Morgan fingerprint density at radius 3 is 2.19 bits per heavy atom. The van der Waals surface area contributed by atoms with Crippen LogP contribution >= 0.6 is 0 Å². The maximum atomic E-state index is 12.5. The summed E-state index contributed by atoms with van der Waals surface area (Å²) < 4.78 is 42.9. The Labute approximate surface area is 124 Å². The second-order valence-electron chi connectivity index (χ2n) is 5.59. The van der Waals surface area contributed by atoms with Crippen molar-refractivity contribution in [3.05, 3.63) is 35.4 Å². The molecule has 120 valence electrons. The average Bonchev–Trinajstić information content (AvgIpc) is 2.41. The van der Waals surface area contributed by atoms with E-state index in [0.717, 1.165) is 30.7 Å². The molecule has 1 aromatic rings. The first kappa shape index (κ1) is 18.0. The number of alkyl halides is 3. The van der Waals surface area contributed by atoms with Crippen LogP contribution in [0.25, 0.3) is 0 Å². The van der Waals surface area contributed by atoms with Gasteiger partial charge in [0.2, 0.25) is 0 Å². The zero-order valence-electron chi connectivity index (χ0n) is 12.8. The summed E-state index contributed by atoms with van der Waals surface area (Å²) in [5, 5.41) is 3.24. The van der Waals surface area contributed by atoms with Gasteiger partial charge in [0.1, 0.15) is 0 Å². The molecule has 0 aromatic heterocycles. The Morgan fingerprint density at radius 1 is 1.05 bits per heavy atom. The van der Waals surface area contributed by atoms with E-state index in [0.29, 0.717) is 19.1 Å². The Bertz CT molecular complexity index is 401. The van der Waals surface area contributed by atoms with E-state index in [1.807, 2.05) is 6.92 Å². The summed E-state index contributed by atoms with van der Waals surface area (Å²) in [5.41, 5.74) is 0.223. The van der Waals surface area contributed by atoms with E-state index in [4.69, 9.17) is 4.74 Å². The van der Waals surface area contributed by atoms with Crippen molar-refractivity contribution in [1.29, 1.82) is 0 Å². The van der Waals surface area contributed by atoms with Crippen LogP contribution in [0.4, 0.5) is 13.2 Å². The van der Waals surface area contributed by atoms with E-state index in [1.54, 1.807) is 0 Å². The van der Waals surface area contributed by atoms with Gasteiger partial charge in [-0.05, 0) is 37.0 Å². The first-order valence-corrected chi connectivity index (χ1v) is 7.29. The molecule has 0 amide bonds. The van der Waals surface area contributed by atoms with E-state index in [1.165, 1.54) is 12.1 Å². The highest BCUT2D eigenvalue weighted by Crippen LogP contribution is 2.29. The van der Waals surface area contributed by atoms with E-state index in [9.17, 15) is 13.2 Å². The molecule has 21 heavy (non-hydrogen) atoms. The van der Waals surface area contributed by atoms with Crippen molar-refractivity contribution in [1.82, 2.24) is 5.32 Å². The van der Waals surface area contributed by atoms with Crippen molar-refractivity contribution in [3.63, 3.8) is 0 Å². The van der Waals surface area contributed by atoms with Gasteiger partial charge in [-0.3, -0.25) is 0 Å². The Kier molecular flexibility index (Phi) is 7.18. The summed E-state index contributed by atoms with van der Waals surface area (Å²) in [5.74, 6) is 0.629. The van der Waals surface area contributed by atoms with Crippen LogP contribution in [0.15, 0.2) is 24.3 Å². The van der Waals surface area contributed by atoms with Crippen molar-refractivity contribution in [2.24, 2.45) is 5.92 Å². The predicted octanol–water partition coefficient (Wildman–Crippen LogP) is 4.42. The Balaban J connectivity index is 2.30. The standard InChI is InChI=1S/C16H24F3NO/c1-12(2)8-10-21-11-9-20-13(3)14-4-6-15(7-5-14)16(17,18)19/h4-7,12-13,20H,8-11H2,1-3H3. The highest BCUT2D eigenvalue weighted by atomic mass is 19.4. The molecule has 5 heteroatoms. The topological polar surface area (TPSA) is 21.3 Å². The SMILES string of the molecule is CC(C)CCOCCNC(C)c1ccc(C(F)(F)F)cc1. The van der Waals surface area contributed by atoms with Crippen LogP contribution in [0, 0.1) is 5.92 Å². The van der Waals surface area contributed by atoms with Gasteiger partial charge in [-0.25, -0.2) is 0 Å². The number of rotatable bonds is 8. The lowest BCUT2D eigenvalue weighted by Gasteiger charge is -2.15. The summed E-state index contributed by atoms with van der Waals surface area (Å²) in [6.07, 6.45) is -3.24. The maximum Gasteiger partial charge on any atom is 0.416 e. The minimum atomic E-state index is -4.28. The molecule has 2 nitrogen and oxygen atoms in total. The van der Waals surface area contributed by atoms with Gasteiger partial charge >= 0.3 is 6.18 Å². The molecule has 0 bridgehead atoms. The molecule has 1 unspecified atom stereocenters. The van der Waals surface area contributed by atoms with Crippen molar-refractivity contribution < 1.29 is 17.9 Å². The Morgan fingerprint density at radius 2 is 1.67 bits per heavy atom.